The van der Waals surface area contributed by atoms with Crippen molar-refractivity contribution in [2.24, 2.45) is 5.92 Å². The second-order valence-corrected chi connectivity index (χ2v) is 6.77. The van der Waals surface area contributed by atoms with Crippen LogP contribution in [0.1, 0.15) is 32.2 Å². The molecule has 1 fully saturated rings. The fraction of sp³-hybridized carbons (Fsp3) is 0.750. The molecule has 1 aliphatic heterocycles. The summed E-state index contributed by atoms with van der Waals surface area (Å²) in [6.45, 7) is 6.70. The van der Waals surface area contributed by atoms with E-state index in [0.717, 1.165) is 16.0 Å². The number of hydrogen-bond acceptors (Lipinski definition) is 4. The zero-order valence-corrected chi connectivity index (χ0v) is 12.7. The van der Waals surface area contributed by atoms with Gasteiger partial charge in [-0.15, -0.1) is 11.3 Å². The molecular weight excluding hydrogens is 302 g/mol. The molecule has 2 heterocycles. The zero-order valence-electron chi connectivity index (χ0n) is 10.3. The predicted octanol–water partition coefficient (Wildman–Crippen LogP) is 2.97. The summed E-state index contributed by atoms with van der Waals surface area (Å²) in [6.07, 6.45) is 0.755. The summed E-state index contributed by atoms with van der Waals surface area (Å²) < 4.78 is 6.64. The van der Waals surface area contributed by atoms with Crippen LogP contribution < -0.4 is 0 Å². The maximum atomic E-state index is 10.0. The first kappa shape index (κ1) is 13.5. The molecule has 3 nitrogen and oxygen atoms in total. The number of rotatable bonds is 2. The van der Waals surface area contributed by atoms with Gasteiger partial charge in [-0.1, -0.05) is 6.92 Å². The molecule has 0 bridgehead atoms. The van der Waals surface area contributed by atoms with Gasteiger partial charge in [0.25, 0.3) is 0 Å². The number of aliphatic hydroxyl groups excluding tert-OH is 1. The molecular formula is C12H18BrNO2S. The van der Waals surface area contributed by atoms with E-state index in [-0.39, 0.29) is 23.5 Å². The van der Waals surface area contributed by atoms with E-state index in [1.165, 1.54) is 0 Å². The Morgan fingerprint density at radius 1 is 1.71 bits per heavy atom. The van der Waals surface area contributed by atoms with Gasteiger partial charge in [0.05, 0.1) is 18.8 Å². The SMILES string of the molecule is CC(O)[C@@H]1C[C@H](C)OC[C@@]1(C)c1nc(Br)cs1. The molecule has 1 N–H and O–H groups in total. The summed E-state index contributed by atoms with van der Waals surface area (Å²) >= 11 is 5.02. The quantitative estimate of drug-likeness (QED) is 0.911. The number of hydrogen-bond donors (Lipinski definition) is 1. The van der Waals surface area contributed by atoms with Crippen LogP contribution in [-0.2, 0) is 10.2 Å². The van der Waals surface area contributed by atoms with Gasteiger partial charge in [0, 0.05) is 16.7 Å². The molecule has 0 aromatic carbocycles. The first-order valence-corrected chi connectivity index (χ1v) is 7.52. The highest BCUT2D eigenvalue weighted by molar-refractivity contribution is 9.10. The normalized spacial score (nSPS) is 35.8. The zero-order chi connectivity index (χ0) is 12.6. The van der Waals surface area contributed by atoms with Crippen molar-refractivity contribution in [1.82, 2.24) is 4.98 Å². The van der Waals surface area contributed by atoms with Crippen LogP contribution in [0, 0.1) is 5.92 Å². The van der Waals surface area contributed by atoms with Crippen LogP contribution >= 0.6 is 27.3 Å². The first-order chi connectivity index (χ1) is 7.93. The summed E-state index contributed by atoms with van der Waals surface area (Å²) in [5, 5.41) is 13.0. The summed E-state index contributed by atoms with van der Waals surface area (Å²) in [4.78, 5) is 4.51. The third-order valence-corrected chi connectivity index (χ3v) is 5.45. The number of thiazole rings is 1. The van der Waals surface area contributed by atoms with E-state index in [2.05, 4.69) is 34.8 Å². The topological polar surface area (TPSA) is 42.4 Å². The van der Waals surface area contributed by atoms with Crippen LogP contribution in [0.3, 0.4) is 0 Å². The van der Waals surface area contributed by atoms with Crippen molar-refractivity contribution in [3.05, 3.63) is 15.0 Å². The maximum Gasteiger partial charge on any atom is 0.117 e. The Balaban J connectivity index is 2.32. The molecule has 0 saturated carbocycles. The fourth-order valence-electron chi connectivity index (χ4n) is 2.57. The van der Waals surface area contributed by atoms with Gasteiger partial charge in [0.15, 0.2) is 0 Å². The second kappa shape index (κ2) is 4.96. The standard InChI is InChI=1S/C12H18BrNO2S/c1-7-4-9(8(2)15)12(3,6-16-7)11-14-10(13)5-17-11/h5,7-9,15H,4,6H2,1-3H3/t7-,8?,9-,12+/m0/s1. The average Bonchev–Trinajstić information content (AvgIpc) is 2.69. The molecule has 1 unspecified atom stereocenters. The van der Waals surface area contributed by atoms with Gasteiger partial charge in [-0.2, -0.15) is 0 Å². The van der Waals surface area contributed by atoms with Crippen LogP contribution in [0.25, 0.3) is 0 Å². The van der Waals surface area contributed by atoms with Gasteiger partial charge < -0.3 is 9.84 Å². The Bertz CT molecular complexity index is 396. The lowest BCUT2D eigenvalue weighted by Crippen LogP contribution is -2.48. The summed E-state index contributed by atoms with van der Waals surface area (Å²) in [5.74, 6) is 0.198. The summed E-state index contributed by atoms with van der Waals surface area (Å²) in [7, 11) is 0. The maximum absolute atomic E-state index is 10.0. The van der Waals surface area contributed by atoms with Gasteiger partial charge in [-0.05, 0) is 36.2 Å². The third-order valence-electron chi connectivity index (χ3n) is 3.62. The van der Waals surface area contributed by atoms with Crippen LogP contribution in [0.15, 0.2) is 9.98 Å². The number of halogens is 1. The minimum absolute atomic E-state index is 0.183. The van der Waals surface area contributed by atoms with E-state index in [0.29, 0.717) is 6.61 Å². The predicted molar refractivity (Wildman–Crippen MR) is 72.4 cm³/mol. The Labute approximate surface area is 114 Å². The molecule has 4 atom stereocenters. The highest BCUT2D eigenvalue weighted by atomic mass is 79.9. The minimum Gasteiger partial charge on any atom is -0.393 e. The number of aromatic nitrogens is 1. The molecule has 1 aromatic rings. The van der Waals surface area contributed by atoms with Gasteiger partial charge in [-0.25, -0.2) is 4.98 Å². The largest absolute Gasteiger partial charge is 0.393 e. The smallest absolute Gasteiger partial charge is 0.117 e. The lowest BCUT2D eigenvalue weighted by Gasteiger charge is -2.43. The molecule has 96 valence electrons. The summed E-state index contributed by atoms with van der Waals surface area (Å²) in [6, 6.07) is 0. The molecule has 0 radical (unpaired) electrons. The number of aliphatic hydroxyl groups is 1. The molecule has 0 amide bonds. The molecule has 1 aromatic heterocycles. The number of ether oxygens (including phenoxy) is 1. The van der Waals surface area contributed by atoms with Gasteiger partial charge in [0.2, 0.25) is 0 Å². The van der Waals surface area contributed by atoms with Crippen molar-refractivity contribution in [3.8, 4) is 0 Å². The van der Waals surface area contributed by atoms with Crippen LogP contribution in [0.5, 0.6) is 0 Å². The number of nitrogens with zero attached hydrogens (tertiary/aromatic N) is 1. The van der Waals surface area contributed by atoms with Crippen molar-refractivity contribution in [3.63, 3.8) is 0 Å². The molecule has 1 saturated heterocycles. The van der Waals surface area contributed by atoms with E-state index >= 15 is 0 Å². The molecule has 0 spiro atoms. The van der Waals surface area contributed by atoms with E-state index in [9.17, 15) is 5.11 Å². The fourth-order valence-corrected chi connectivity index (χ4v) is 4.04. The van der Waals surface area contributed by atoms with Crippen LogP contribution in [-0.4, -0.2) is 28.9 Å². The van der Waals surface area contributed by atoms with Gasteiger partial charge >= 0.3 is 0 Å². The highest BCUT2D eigenvalue weighted by Crippen LogP contribution is 2.42. The van der Waals surface area contributed by atoms with Crippen molar-refractivity contribution in [1.29, 1.82) is 0 Å². The van der Waals surface area contributed by atoms with Crippen molar-refractivity contribution >= 4 is 27.3 Å². The van der Waals surface area contributed by atoms with Crippen molar-refractivity contribution < 1.29 is 9.84 Å². The van der Waals surface area contributed by atoms with E-state index in [4.69, 9.17) is 4.74 Å². The monoisotopic (exact) mass is 319 g/mol. The Morgan fingerprint density at radius 2 is 2.41 bits per heavy atom. The highest BCUT2D eigenvalue weighted by Gasteiger charge is 2.45. The molecule has 5 heteroatoms. The van der Waals surface area contributed by atoms with Gasteiger partial charge in [0.1, 0.15) is 9.61 Å². The molecule has 0 aliphatic carbocycles. The lowest BCUT2D eigenvalue weighted by atomic mass is 9.71. The molecule has 1 aliphatic rings. The van der Waals surface area contributed by atoms with Gasteiger partial charge in [-0.3, -0.25) is 0 Å². The lowest BCUT2D eigenvalue weighted by molar-refractivity contribution is -0.0817. The van der Waals surface area contributed by atoms with E-state index in [1.54, 1.807) is 11.3 Å². The Kier molecular flexibility index (Phi) is 3.92. The van der Waals surface area contributed by atoms with Crippen molar-refractivity contribution in [2.45, 2.75) is 44.8 Å². The Morgan fingerprint density at radius 3 is 2.94 bits per heavy atom. The second-order valence-electron chi connectivity index (χ2n) is 5.10. The van der Waals surface area contributed by atoms with Crippen LogP contribution in [0.4, 0.5) is 0 Å². The van der Waals surface area contributed by atoms with E-state index in [1.807, 2.05) is 12.3 Å². The molecule has 17 heavy (non-hydrogen) atoms. The summed E-state index contributed by atoms with van der Waals surface area (Å²) in [5.41, 5.74) is -0.183. The molecule has 2 rings (SSSR count). The van der Waals surface area contributed by atoms with E-state index < -0.39 is 0 Å². The Hall–Kier alpha value is 0.0300. The van der Waals surface area contributed by atoms with Crippen molar-refractivity contribution in [2.75, 3.05) is 6.61 Å². The first-order valence-electron chi connectivity index (χ1n) is 5.84. The minimum atomic E-state index is -0.339. The van der Waals surface area contributed by atoms with Crippen LogP contribution in [0.2, 0.25) is 0 Å². The third kappa shape index (κ3) is 2.57. The average molecular weight is 320 g/mol.